The van der Waals surface area contributed by atoms with Gasteiger partial charge in [0.15, 0.2) is 5.69 Å². The number of aromatic nitrogens is 3. The zero-order valence-electron chi connectivity index (χ0n) is 11.0. The van der Waals surface area contributed by atoms with E-state index in [1.165, 1.54) is 4.68 Å². The van der Waals surface area contributed by atoms with E-state index in [9.17, 15) is 9.59 Å². The highest BCUT2D eigenvalue weighted by Gasteiger charge is 2.23. The van der Waals surface area contributed by atoms with Gasteiger partial charge in [-0.05, 0) is 19.3 Å². The molecule has 0 saturated carbocycles. The molecular weight excluding hydrogens is 248 g/mol. The molecule has 0 bridgehead atoms. The van der Waals surface area contributed by atoms with Gasteiger partial charge >= 0.3 is 5.97 Å². The number of aromatic carboxylic acids is 1. The first-order chi connectivity index (χ1) is 9.13. The maximum absolute atomic E-state index is 12.0. The number of likely N-dealkylation sites (tertiary alicyclic amines) is 1. The third-order valence-corrected chi connectivity index (χ3v) is 3.27. The Morgan fingerprint density at radius 3 is 2.58 bits per heavy atom. The molecule has 2 heterocycles. The van der Waals surface area contributed by atoms with Gasteiger partial charge in [0, 0.05) is 13.1 Å². The van der Waals surface area contributed by atoms with Gasteiger partial charge in [-0.1, -0.05) is 18.6 Å². The first-order valence-electron chi connectivity index (χ1n) is 6.57. The SMILES string of the molecule is CCCc1c(C(=O)O)nnn1CC(=O)N1CCCC1. The van der Waals surface area contributed by atoms with E-state index in [0.717, 1.165) is 32.4 Å². The van der Waals surface area contributed by atoms with Crippen LogP contribution in [-0.4, -0.2) is 50.0 Å². The van der Waals surface area contributed by atoms with Crippen molar-refractivity contribution in [3.05, 3.63) is 11.4 Å². The Balaban J connectivity index is 2.14. The number of carbonyl (C=O) groups is 2. The van der Waals surface area contributed by atoms with Gasteiger partial charge in [0.2, 0.25) is 5.91 Å². The van der Waals surface area contributed by atoms with Gasteiger partial charge in [0.05, 0.1) is 5.69 Å². The number of hydrogen-bond acceptors (Lipinski definition) is 4. The summed E-state index contributed by atoms with van der Waals surface area (Å²) in [6.45, 7) is 3.59. The second-order valence-electron chi connectivity index (χ2n) is 4.69. The summed E-state index contributed by atoms with van der Waals surface area (Å²) in [6, 6.07) is 0. The highest BCUT2D eigenvalue weighted by molar-refractivity contribution is 5.86. The summed E-state index contributed by atoms with van der Waals surface area (Å²) in [7, 11) is 0. The minimum absolute atomic E-state index is 0.0170. The Bertz CT molecular complexity index is 477. The first-order valence-corrected chi connectivity index (χ1v) is 6.57. The quantitative estimate of drug-likeness (QED) is 0.840. The second-order valence-corrected chi connectivity index (χ2v) is 4.69. The third kappa shape index (κ3) is 2.91. The summed E-state index contributed by atoms with van der Waals surface area (Å²) in [5.41, 5.74) is 0.485. The van der Waals surface area contributed by atoms with Gasteiger partial charge in [-0.25, -0.2) is 9.48 Å². The highest BCUT2D eigenvalue weighted by atomic mass is 16.4. The standard InChI is InChI=1S/C12H18N4O3/c1-2-5-9-11(12(18)19)13-14-16(9)8-10(17)15-6-3-4-7-15/h2-8H2,1H3,(H,18,19). The number of carboxylic acids is 1. The number of amides is 1. The van der Waals surface area contributed by atoms with Crippen LogP contribution in [0, 0.1) is 0 Å². The maximum Gasteiger partial charge on any atom is 0.358 e. The zero-order chi connectivity index (χ0) is 13.8. The van der Waals surface area contributed by atoms with E-state index in [1.54, 1.807) is 4.90 Å². The Hall–Kier alpha value is -1.92. The summed E-state index contributed by atoms with van der Waals surface area (Å²) in [5, 5.41) is 16.5. The molecule has 1 saturated heterocycles. The molecule has 0 atom stereocenters. The van der Waals surface area contributed by atoms with Crippen molar-refractivity contribution in [2.75, 3.05) is 13.1 Å². The molecule has 19 heavy (non-hydrogen) atoms. The number of carbonyl (C=O) groups excluding carboxylic acids is 1. The average Bonchev–Trinajstić information content (AvgIpc) is 2.99. The van der Waals surface area contributed by atoms with Crippen LogP contribution in [0.1, 0.15) is 42.4 Å². The number of hydrogen-bond donors (Lipinski definition) is 1. The van der Waals surface area contributed by atoms with Gasteiger partial charge < -0.3 is 10.0 Å². The van der Waals surface area contributed by atoms with Crippen molar-refractivity contribution < 1.29 is 14.7 Å². The molecule has 0 unspecified atom stereocenters. The molecule has 7 nitrogen and oxygen atoms in total. The van der Waals surface area contributed by atoms with Gasteiger partial charge in [-0.3, -0.25) is 4.79 Å². The molecule has 7 heteroatoms. The summed E-state index contributed by atoms with van der Waals surface area (Å²) in [6.07, 6.45) is 3.41. The van der Waals surface area contributed by atoms with Crippen molar-refractivity contribution in [2.24, 2.45) is 0 Å². The molecule has 1 aromatic rings. The molecule has 1 aliphatic rings. The van der Waals surface area contributed by atoms with Crippen molar-refractivity contribution in [1.29, 1.82) is 0 Å². The van der Waals surface area contributed by atoms with Crippen molar-refractivity contribution in [1.82, 2.24) is 19.9 Å². The van der Waals surface area contributed by atoms with Crippen molar-refractivity contribution in [3.63, 3.8) is 0 Å². The van der Waals surface area contributed by atoms with E-state index in [4.69, 9.17) is 5.11 Å². The fourth-order valence-electron chi connectivity index (χ4n) is 2.30. The van der Waals surface area contributed by atoms with Crippen LogP contribution in [0.3, 0.4) is 0 Å². The predicted molar refractivity (Wildman–Crippen MR) is 66.8 cm³/mol. The molecule has 1 aliphatic heterocycles. The van der Waals surface area contributed by atoms with Crippen LogP contribution in [-0.2, 0) is 17.8 Å². The fraction of sp³-hybridized carbons (Fsp3) is 0.667. The Morgan fingerprint density at radius 1 is 1.32 bits per heavy atom. The lowest BCUT2D eigenvalue weighted by Gasteiger charge is -2.15. The molecule has 1 amide bonds. The van der Waals surface area contributed by atoms with Gasteiger partial charge in [0.1, 0.15) is 6.54 Å². The minimum Gasteiger partial charge on any atom is -0.476 e. The Kier molecular flexibility index (Phi) is 4.13. The van der Waals surface area contributed by atoms with Crippen LogP contribution in [0.4, 0.5) is 0 Å². The van der Waals surface area contributed by atoms with Crippen LogP contribution in [0.25, 0.3) is 0 Å². The normalized spacial score (nSPS) is 14.9. The molecule has 0 spiro atoms. The summed E-state index contributed by atoms with van der Waals surface area (Å²) < 4.78 is 1.42. The van der Waals surface area contributed by atoms with E-state index in [1.807, 2.05) is 6.92 Å². The number of rotatable bonds is 5. The lowest BCUT2D eigenvalue weighted by Crippen LogP contribution is -2.32. The number of carboxylic acid groups (broad SMARTS) is 1. The molecule has 2 rings (SSSR count). The highest BCUT2D eigenvalue weighted by Crippen LogP contribution is 2.12. The minimum atomic E-state index is -1.09. The van der Waals surface area contributed by atoms with Gasteiger partial charge in [-0.15, -0.1) is 5.10 Å². The predicted octanol–water partition coefficient (Wildman–Crippen LogP) is 0.551. The molecule has 1 N–H and O–H groups in total. The second kappa shape index (κ2) is 5.81. The smallest absolute Gasteiger partial charge is 0.358 e. The summed E-state index contributed by atoms with van der Waals surface area (Å²) in [4.78, 5) is 24.9. The summed E-state index contributed by atoms with van der Waals surface area (Å²) >= 11 is 0. The molecule has 0 aliphatic carbocycles. The van der Waals surface area contributed by atoms with Crippen LogP contribution in [0.15, 0.2) is 0 Å². The van der Waals surface area contributed by atoms with E-state index < -0.39 is 5.97 Å². The molecular formula is C12H18N4O3. The largest absolute Gasteiger partial charge is 0.476 e. The lowest BCUT2D eigenvalue weighted by atomic mass is 10.2. The van der Waals surface area contributed by atoms with Crippen molar-refractivity contribution in [2.45, 2.75) is 39.2 Å². The van der Waals surface area contributed by atoms with Crippen LogP contribution in [0.5, 0.6) is 0 Å². The molecule has 1 fully saturated rings. The monoisotopic (exact) mass is 266 g/mol. The lowest BCUT2D eigenvalue weighted by molar-refractivity contribution is -0.131. The Morgan fingerprint density at radius 2 is 2.00 bits per heavy atom. The molecule has 1 aromatic heterocycles. The van der Waals surface area contributed by atoms with Crippen molar-refractivity contribution >= 4 is 11.9 Å². The van der Waals surface area contributed by atoms with Gasteiger partial charge in [0.25, 0.3) is 0 Å². The number of nitrogens with zero attached hydrogens (tertiary/aromatic N) is 4. The van der Waals surface area contributed by atoms with E-state index in [-0.39, 0.29) is 18.1 Å². The molecule has 104 valence electrons. The van der Waals surface area contributed by atoms with E-state index >= 15 is 0 Å². The fourth-order valence-corrected chi connectivity index (χ4v) is 2.30. The zero-order valence-corrected chi connectivity index (χ0v) is 11.0. The third-order valence-electron chi connectivity index (χ3n) is 3.27. The van der Waals surface area contributed by atoms with Crippen LogP contribution < -0.4 is 0 Å². The molecule has 0 radical (unpaired) electrons. The first kappa shape index (κ1) is 13.5. The van der Waals surface area contributed by atoms with E-state index in [2.05, 4.69) is 10.3 Å². The van der Waals surface area contributed by atoms with E-state index in [0.29, 0.717) is 12.1 Å². The molecule has 0 aromatic carbocycles. The van der Waals surface area contributed by atoms with Crippen LogP contribution >= 0.6 is 0 Å². The van der Waals surface area contributed by atoms with Gasteiger partial charge in [-0.2, -0.15) is 0 Å². The Labute approximate surface area is 111 Å². The topological polar surface area (TPSA) is 88.3 Å². The summed E-state index contributed by atoms with van der Waals surface area (Å²) in [5.74, 6) is -1.11. The average molecular weight is 266 g/mol. The van der Waals surface area contributed by atoms with Crippen molar-refractivity contribution in [3.8, 4) is 0 Å². The maximum atomic E-state index is 12.0. The van der Waals surface area contributed by atoms with Crippen LogP contribution in [0.2, 0.25) is 0 Å².